The molecule has 2 fully saturated rings. The molecule has 24 heavy (non-hydrogen) atoms. The van der Waals surface area contributed by atoms with Crippen LogP contribution in [0.2, 0.25) is 0 Å². The van der Waals surface area contributed by atoms with E-state index in [1.54, 1.807) is 30.3 Å². The van der Waals surface area contributed by atoms with Crippen LogP contribution in [0.15, 0.2) is 30.3 Å². The third-order valence-corrected chi connectivity index (χ3v) is 4.95. The Morgan fingerprint density at radius 1 is 1.33 bits per heavy atom. The van der Waals surface area contributed by atoms with Gasteiger partial charge in [-0.15, -0.1) is 16.8 Å². The average molecular weight is 353 g/mol. The number of fused-ring (bicyclic) bond motifs is 1. The Bertz CT molecular complexity index is 672. The summed E-state index contributed by atoms with van der Waals surface area (Å²) in [6.45, 7) is 1.26. The molecule has 3 unspecified atom stereocenters. The van der Waals surface area contributed by atoms with E-state index in [4.69, 9.17) is 4.84 Å². The van der Waals surface area contributed by atoms with E-state index in [0.717, 1.165) is 21.7 Å². The number of nitrogens with zero attached hydrogens (tertiary/aromatic N) is 3. The Kier molecular flexibility index (Phi) is 4.35. The van der Waals surface area contributed by atoms with Crippen molar-refractivity contribution in [2.45, 2.75) is 24.5 Å². The first-order chi connectivity index (χ1) is 11.4. The summed E-state index contributed by atoms with van der Waals surface area (Å²) in [7, 11) is 0. The number of aliphatic carboxylic acids is 1. The van der Waals surface area contributed by atoms with Crippen molar-refractivity contribution >= 4 is 29.5 Å². The highest BCUT2D eigenvalue weighted by Gasteiger charge is 2.60. The molecule has 2 amide bonds. The van der Waals surface area contributed by atoms with Gasteiger partial charge in [0.15, 0.2) is 11.8 Å². The summed E-state index contributed by atoms with van der Waals surface area (Å²) >= 11 is 1.15. The second-order valence-electron chi connectivity index (χ2n) is 5.28. The van der Waals surface area contributed by atoms with Gasteiger partial charge >= 0.3 is 5.97 Å². The molecular formula is C14H15N3O6S. The van der Waals surface area contributed by atoms with E-state index in [1.807, 2.05) is 0 Å². The number of hydrogen-bond acceptors (Lipinski definition) is 7. The number of hydrogen-bond donors (Lipinski definition) is 2. The SMILES string of the molecule is CC(=O)N(Oc1ccccc1)C1C(=O)N2C1SCN(O)C2C(=O)O. The van der Waals surface area contributed by atoms with Crippen LogP contribution >= 0.6 is 11.8 Å². The molecule has 2 saturated heterocycles. The van der Waals surface area contributed by atoms with Gasteiger partial charge in [-0.3, -0.25) is 14.5 Å². The Morgan fingerprint density at radius 2 is 2.00 bits per heavy atom. The second kappa shape index (κ2) is 6.30. The average Bonchev–Trinajstić information content (AvgIpc) is 2.55. The Hall–Kier alpha value is -2.30. The van der Waals surface area contributed by atoms with Gasteiger partial charge in [0.05, 0.1) is 5.88 Å². The molecule has 0 aliphatic carbocycles. The van der Waals surface area contributed by atoms with E-state index in [9.17, 15) is 24.7 Å². The maximum Gasteiger partial charge on any atom is 0.344 e. The number of thioether (sulfide) groups is 1. The molecule has 1 aromatic carbocycles. The molecule has 10 heteroatoms. The number of carbonyl (C=O) groups is 3. The molecule has 0 saturated carbocycles. The normalized spacial score (nSPS) is 26.3. The van der Waals surface area contributed by atoms with Crippen LogP contribution in [0.5, 0.6) is 5.75 Å². The van der Waals surface area contributed by atoms with Crippen LogP contribution in [-0.4, -0.2) is 66.6 Å². The zero-order valence-electron chi connectivity index (χ0n) is 12.6. The first-order valence-corrected chi connectivity index (χ1v) is 8.11. The van der Waals surface area contributed by atoms with Crippen molar-refractivity contribution in [3.8, 4) is 5.75 Å². The van der Waals surface area contributed by atoms with Gasteiger partial charge in [0.2, 0.25) is 6.17 Å². The molecule has 9 nitrogen and oxygen atoms in total. The minimum absolute atomic E-state index is 0.000997. The summed E-state index contributed by atoms with van der Waals surface area (Å²) in [4.78, 5) is 42.2. The van der Waals surface area contributed by atoms with Crippen molar-refractivity contribution in [3.05, 3.63) is 30.3 Å². The van der Waals surface area contributed by atoms with E-state index in [0.29, 0.717) is 10.8 Å². The number of amides is 2. The minimum Gasteiger partial charge on any atom is -0.479 e. The highest BCUT2D eigenvalue weighted by molar-refractivity contribution is 8.00. The monoisotopic (exact) mass is 353 g/mol. The standard InChI is InChI=1S/C14H15N3O6S/c1-8(18)17(23-9-5-3-2-4-6-9)10-12(19)16-11(14(20)21)15(22)7-24-13(10)16/h2-6,10-11,13,22H,7H2,1H3,(H,20,21). The summed E-state index contributed by atoms with van der Waals surface area (Å²) in [5.74, 6) is -2.02. The lowest BCUT2D eigenvalue weighted by atomic mass is 10.1. The topological polar surface area (TPSA) is 111 Å². The van der Waals surface area contributed by atoms with E-state index < -0.39 is 35.4 Å². The molecule has 2 aliphatic heterocycles. The Balaban J connectivity index is 1.82. The van der Waals surface area contributed by atoms with Gasteiger partial charge in [0, 0.05) is 6.92 Å². The molecular weight excluding hydrogens is 338 g/mol. The largest absolute Gasteiger partial charge is 0.479 e. The number of rotatable bonds is 4. The van der Waals surface area contributed by atoms with E-state index in [-0.39, 0.29) is 5.88 Å². The molecule has 0 spiro atoms. The van der Waals surface area contributed by atoms with Gasteiger partial charge in [-0.25, -0.2) is 4.79 Å². The predicted molar refractivity (Wildman–Crippen MR) is 81.5 cm³/mol. The summed E-state index contributed by atoms with van der Waals surface area (Å²) in [6.07, 6.45) is -1.47. The maximum absolute atomic E-state index is 12.4. The third kappa shape index (κ3) is 2.68. The maximum atomic E-state index is 12.4. The second-order valence-corrected chi connectivity index (χ2v) is 6.35. The number of carboxylic acids is 1. The van der Waals surface area contributed by atoms with Crippen LogP contribution in [0.4, 0.5) is 0 Å². The highest BCUT2D eigenvalue weighted by Crippen LogP contribution is 2.40. The van der Waals surface area contributed by atoms with Gasteiger partial charge in [0.1, 0.15) is 5.37 Å². The lowest BCUT2D eigenvalue weighted by Crippen LogP contribution is -2.77. The van der Waals surface area contributed by atoms with Crippen LogP contribution in [0, 0.1) is 0 Å². The third-order valence-electron chi connectivity index (χ3n) is 3.71. The van der Waals surface area contributed by atoms with Crippen molar-refractivity contribution in [2.75, 3.05) is 5.88 Å². The minimum atomic E-state index is -1.47. The van der Waals surface area contributed by atoms with Gasteiger partial charge < -0.3 is 15.2 Å². The molecule has 1 aromatic rings. The predicted octanol–water partition coefficient (Wildman–Crippen LogP) is 0.172. The van der Waals surface area contributed by atoms with Crippen LogP contribution in [-0.2, 0) is 14.4 Å². The molecule has 0 radical (unpaired) electrons. The van der Waals surface area contributed by atoms with Gasteiger partial charge in [-0.05, 0) is 12.1 Å². The van der Waals surface area contributed by atoms with Crippen LogP contribution in [0.1, 0.15) is 6.92 Å². The zero-order valence-corrected chi connectivity index (χ0v) is 13.4. The van der Waals surface area contributed by atoms with Gasteiger partial charge in [-0.2, -0.15) is 5.06 Å². The van der Waals surface area contributed by atoms with Crippen molar-refractivity contribution in [1.82, 2.24) is 15.0 Å². The van der Waals surface area contributed by atoms with Crippen molar-refractivity contribution < 1.29 is 29.5 Å². The van der Waals surface area contributed by atoms with Crippen molar-refractivity contribution in [1.29, 1.82) is 0 Å². The molecule has 2 heterocycles. The number of carbonyl (C=O) groups excluding carboxylic acids is 2. The molecule has 3 rings (SSSR count). The van der Waals surface area contributed by atoms with E-state index in [1.165, 1.54) is 6.92 Å². The van der Waals surface area contributed by atoms with Crippen LogP contribution < -0.4 is 4.84 Å². The Labute approximate surface area is 141 Å². The summed E-state index contributed by atoms with van der Waals surface area (Å²) in [5, 5.41) is 19.8. The fourth-order valence-corrected chi connectivity index (χ4v) is 3.88. The summed E-state index contributed by atoms with van der Waals surface area (Å²) < 4.78 is 0. The fourth-order valence-electron chi connectivity index (χ4n) is 2.64. The smallest absolute Gasteiger partial charge is 0.344 e. The van der Waals surface area contributed by atoms with Crippen molar-refractivity contribution in [2.24, 2.45) is 0 Å². The highest BCUT2D eigenvalue weighted by atomic mass is 32.2. The molecule has 0 aromatic heterocycles. The van der Waals surface area contributed by atoms with E-state index >= 15 is 0 Å². The lowest BCUT2D eigenvalue weighted by Gasteiger charge is -2.54. The summed E-state index contributed by atoms with van der Waals surface area (Å²) in [6, 6.07) is 7.57. The number of benzene rings is 1. The number of carboxylic acid groups (broad SMARTS) is 1. The quantitative estimate of drug-likeness (QED) is 0.582. The number of para-hydroxylation sites is 1. The van der Waals surface area contributed by atoms with Gasteiger partial charge in [-0.1, -0.05) is 18.2 Å². The number of hydroxylamine groups is 4. The van der Waals surface area contributed by atoms with Crippen molar-refractivity contribution in [3.63, 3.8) is 0 Å². The number of β-lactam (4-membered cyclic amide) rings is 1. The Morgan fingerprint density at radius 3 is 2.58 bits per heavy atom. The van der Waals surface area contributed by atoms with E-state index in [2.05, 4.69) is 0 Å². The molecule has 128 valence electrons. The first-order valence-electron chi connectivity index (χ1n) is 7.06. The molecule has 2 N–H and O–H groups in total. The molecule has 2 aliphatic rings. The van der Waals surface area contributed by atoms with Crippen LogP contribution in [0.3, 0.4) is 0 Å². The fraction of sp³-hybridized carbons (Fsp3) is 0.357. The molecule has 3 atom stereocenters. The zero-order chi connectivity index (χ0) is 17.4. The van der Waals surface area contributed by atoms with Crippen LogP contribution in [0.25, 0.3) is 0 Å². The summed E-state index contributed by atoms with van der Waals surface area (Å²) in [5.41, 5.74) is 0. The molecule has 0 bridgehead atoms. The first kappa shape index (κ1) is 16.6. The van der Waals surface area contributed by atoms with Gasteiger partial charge in [0.25, 0.3) is 11.8 Å². The lowest BCUT2D eigenvalue weighted by molar-refractivity contribution is -0.225.